The SMILES string of the molecule is CCc1ccccc1N1CCNC(CC(C)C)C1. The number of hydrogen-bond acceptors (Lipinski definition) is 2. The summed E-state index contributed by atoms with van der Waals surface area (Å²) in [5.41, 5.74) is 2.91. The van der Waals surface area contributed by atoms with Crippen molar-refractivity contribution in [3.8, 4) is 0 Å². The second-order valence-electron chi connectivity index (χ2n) is 5.71. The van der Waals surface area contributed by atoms with Gasteiger partial charge in [0.25, 0.3) is 0 Å². The van der Waals surface area contributed by atoms with E-state index in [-0.39, 0.29) is 0 Å². The number of rotatable bonds is 4. The normalized spacial score (nSPS) is 20.4. The van der Waals surface area contributed by atoms with Gasteiger partial charge in [0.15, 0.2) is 0 Å². The lowest BCUT2D eigenvalue weighted by Crippen LogP contribution is -2.51. The van der Waals surface area contributed by atoms with Gasteiger partial charge in [0.1, 0.15) is 0 Å². The van der Waals surface area contributed by atoms with Crippen molar-refractivity contribution in [3.05, 3.63) is 29.8 Å². The van der Waals surface area contributed by atoms with Crippen LogP contribution in [0.2, 0.25) is 0 Å². The van der Waals surface area contributed by atoms with Crippen molar-refractivity contribution >= 4 is 5.69 Å². The zero-order chi connectivity index (χ0) is 13.0. The second kappa shape index (κ2) is 6.24. The molecule has 1 N–H and O–H groups in total. The van der Waals surface area contributed by atoms with Crippen LogP contribution in [0.25, 0.3) is 0 Å². The number of benzene rings is 1. The number of hydrogen-bond donors (Lipinski definition) is 1. The first-order valence-corrected chi connectivity index (χ1v) is 7.27. The highest BCUT2D eigenvalue weighted by atomic mass is 15.2. The molecule has 2 nitrogen and oxygen atoms in total. The zero-order valence-electron chi connectivity index (χ0n) is 11.9. The molecule has 0 saturated carbocycles. The third kappa shape index (κ3) is 3.26. The Bertz CT molecular complexity index is 373. The van der Waals surface area contributed by atoms with Gasteiger partial charge in [0.2, 0.25) is 0 Å². The van der Waals surface area contributed by atoms with Gasteiger partial charge < -0.3 is 10.2 Å². The quantitative estimate of drug-likeness (QED) is 0.878. The highest BCUT2D eigenvalue weighted by Gasteiger charge is 2.21. The van der Waals surface area contributed by atoms with Gasteiger partial charge in [-0.2, -0.15) is 0 Å². The van der Waals surface area contributed by atoms with E-state index in [0.717, 1.165) is 32.0 Å². The van der Waals surface area contributed by atoms with Crippen LogP contribution >= 0.6 is 0 Å². The maximum absolute atomic E-state index is 3.65. The predicted molar refractivity (Wildman–Crippen MR) is 79.3 cm³/mol. The minimum Gasteiger partial charge on any atom is -0.368 e. The van der Waals surface area contributed by atoms with Crippen LogP contribution in [0, 0.1) is 5.92 Å². The molecule has 0 radical (unpaired) electrons. The van der Waals surface area contributed by atoms with Gasteiger partial charge >= 0.3 is 0 Å². The Hall–Kier alpha value is -1.02. The minimum atomic E-state index is 0.642. The number of nitrogens with one attached hydrogen (secondary N) is 1. The molecule has 1 aliphatic heterocycles. The molecule has 2 rings (SSSR count). The van der Waals surface area contributed by atoms with Crippen molar-refractivity contribution in [2.24, 2.45) is 5.92 Å². The van der Waals surface area contributed by atoms with E-state index in [9.17, 15) is 0 Å². The Morgan fingerprint density at radius 3 is 2.83 bits per heavy atom. The molecule has 0 aliphatic carbocycles. The molecule has 1 atom stereocenters. The first-order chi connectivity index (χ1) is 8.70. The highest BCUT2D eigenvalue weighted by Crippen LogP contribution is 2.23. The van der Waals surface area contributed by atoms with Crippen LogP contribution in [0.3, 0.4) is 0 Å². The van der Waals surface area contributed by atoms with Gasteiger partial charge in [0.05, 0.1) is 0 Å². The fraction of sp³-hybridized carbons (Fsp3) is 0.625. The van der Waals surface area contributed by atoms with E-state index >= 15 is 0 Å². The monoisotopic (exact) mass is 246 g/mol. The minimum absolute atomic E-state index is 0.642. The molecule has 1 heterocycles. The first kappa shape index (κ1) is 13.4. The van der Waals surface area contributed by atoms with Crippen LogP contribution < -0.4 is 10.2 Å². The first-order valence-electron chi connectivity index (χ1n) is 7.27. The summed E-state index contributed by atoms with van der Waals surface area (Å²) in [5.74, 6) is 0.767. The third-order valence-electron chi connectivity index (χ3n) is 3.72. The van der Waals surface area contributed by atoms with E-state index < -0.39 is 0 Å². The van der Waals surface area contributed by atoms with Gasteiger partial charge in [-0.05, 0) is 30.4 Å². The summed E-state index contributed by atoms with van der Waals surface area (Å²) in [5, 5.41) is 3.65. The van der Waals surface area contributed by atoms with E-state index in [0.29, 0.717) is 6.04 Å². The summed E-state index contributed by atoms with van der Waals surface area (Å²) in [6.45, 7) is 10.2. The summed E-state index contributed by atoms with van der Waals surface area (Å²) in [7, 11) is 0. The molecule has 100 valence electrons. The summed E-state index contributed by atoms with van der Waals surface area (Å²) >= 11 is 0. The van der Waals surface area contributed by atoms with E-state index in [2.05, 4.69) is 55.3 Å². The summed E-state index contributed by atoms with van der Waals surface area (Å²) in [6, 6.07) is 9.49. The van der Waals surface area contributed by atoms with Gasteiger partial charge in [-0.1, -0.05) is 39.0 Å². The van der Waals surface area contributed by atoms with Crippen LogP contribution in [0.15, 0.2) is 24.3 Å². The second-order valence-corrected chi connectivity index (χ2v) is 5.71. The van der Waals surface area contributed by atoms with Gasteiger partial charge in [-0.25, -0.2) is 0 Å². The molecule has 1 saturated heterocycles. The Morgan fingerprint density at radius 1 is 1.33 bits per heavy atom. The Kier molecular flexibility index (Phi) is 4.65. The van der Waals surface area contributed by atoms with Gasteiger partial charge in [-0.15, -0.1) is 0 Å². The average Bonchev–Trinajstić information content (AvgIpc) is 2.38. The molecule has 1 aromatic rings. The van der Waals surface area contributed by atoms with Crippen molar-refractivity contribution in [1.29, 1.82) is 0 Å². The lowest BCUT2D eigenvalue weighted by atomic mass is 10.0. The van der Waals surface area contributed by atoms with Crippen LogP contribution in [0.4, 0.5) is 5.69 Å². The molecule has 0 spiro atoms. The predicted octanol–water partition coefficient (Wildman–Crippen LogP) is 3.07. The standard InChI is InChI=1S/C16H26N2/c1-4-14-7-5-6-8-16(14)18-10-9-17-15(12-18)11-13(2)3/h5-8,13,15,17H,4,9-12H2,1-3H3. The summed E-state index contributed by atoms with van der Waals surface area (Å²) in [4.78, 5) is 2.56. The maximum Gasteiger partial charge on any atom is 0.0399 e. The lowest BCUT2D eigenvalue weighted by Gasteiger charge is -2.37. The van der Waals surface area contributed by atoms with Crippen LogP contribution in [0.1, 0.15) is 32.8 Å². The average molecular weight is 246 g/mol. The van der Waals surface area contributed by atoms with Crippen LogP contribution in [-0.4, -0.2) is 25.7 Å². The topological polar surface area (TPSA) is 15.3 Å². The number of anilines is 1. The molecular weight excluding hydrogens is 220 g/mol. The van der Waals surface area contributed by atoms with Gasteiger partial charge in [-0.3, -0.25) is 0 Å². The van der Waals surface area contributed by atoms with Crippen molar-refractivity contribution in [1.82, 2.24) is 5.32 Å². The molecule has 1 fully saturated rings. The molecule has 1 aromatic carbocycles. The van der Waals surface area contributed by atoms with Crippen molar-refractivity contribution in [2.75, 3.05) is 24.5 Å². The number of nitrogens with zero attached hydrogens (tertiary/aromatic N) is 1. The largest absolute Gasteiger partial charge is 0.368 e. The maximum atomic E-state index is 3.65. The van der Waals surface area contributed by atoms with Crippen molar-refractivity contribution in [3.63, 3.8) is 0 Å². The van der Waals surface area contributed by atoms with Crippen molar-refractivity contribution in [2.45, 2.75) is 39.7 Å². The van der Waals surface area contributed by atoms with E-state index in [1.807, 2.05) is 0 Å². The highest BCUT2D eigenvalue weighted by molar-refractivity contribution is 5.54. The number of piperazine rings is 1. The van der Waals surface area contributed by atoms with Crippen LogP contribution in [-0.2, 0) is 6.42 Å². The number of para-hydroxylation sites is 1. The van der Waals surface area contributed by atoms with E-state index in [4.69, 9.17) is 0 Å². The summed E-state index contributed by atoms with van der Waals surface area (Å²) < 4.78 is 0. The lowest BCUT2D eigenvalue weighted by molar-refractivity contribution is 0.388. The Labute approximate surface area is 111 Å². The molecule has 0 aromatic heterocycles. The van der Waals surface area contributed by atoms with Gasteiger partial charge in [0, 0.05) is 31.4 Å². The molecule has 1 unspecified atom stereocenters. The fourth-order valence-electron chi connectivity index (χ4n) is 2.89. The van der Waals surface area contributed by atoms with E-state index in [1.54, 1.807) is 0 Å². The Morgan fingerprint density at radius 2 is 2.11 bits per heavy atom. The molecule has 2 heteroatoms. The molecule has 0 amide bonds. The summed E-state index contributed by atoms with van der Waals surface area (Å²) in [6.07, 6.45) is 2.39. The number of aryl methyl sites for hydroxylation is 1. The smallest absolute Gasteiger partial charge is 0.0399 e. The third-order valence-corrected chi connectivity index (χ3v) is 3.72. The molecular formula is C16H26N2. The molecule has 18 heavy (non-hydrogen) atoms. The van der Waals surface area contributed by atoms with E-state index in [1.165, 1.54) is 17.7 Å². The fourth-order valence-corrected chi connectivity index (χ4v) is 2.89. The molecule has 1 aliphatic rings. The zero-order valence-corrected chi connectivity index (χ0v) is 11.9. The van der Waals surface area contributed by atoms with Crippen LogP contribution in [0.5, 0.6) is 0 Å². The van der Waals surface area contributed by atoms with Crippen molar-refractivity contribution < 1.29 is 0 Å². The Balaban J connectivity index is 2.08. The molecule has 0 bridgehead atoms.